The molecule has 194 valence electrons. The van der Waals surface area contributed by atoms with Crippen molar-refractivity contribution in [1.29, 1.82) is 0 Å². The number of benzene rings is 5. The van der Waals surface area contributed by atoms with Crippen molar-refractivity contribution in [1.82, 2.24) is 5.32 Å². The van der Waals surface area contributed by atoms with Crippen molar-refractivity contribution in [3.8, 4) is 0 Å². The number of hydrogen-bond donors (Lipinski definition) is 1. The van der Waals surface area contributed by atoms with Crippen molar-refractivity contribution in [3.05, 3.63) is 167 Å². The van der Waals surface area contributed by atoms with E-state index in [9.17, 15) is 4.79 Å². The average Bonchev–Trinajstić information content (AvgIpc) is 3.01. The predicted octanol–water partition coefficient (Wildman–Crippen LogP) is 8.34. The van der Waals surface area contributed by atoms with Gasteiger partial charge in [-0.2, -0.15) is 0 Å². The van der Waals surface area contributed by atoms with Gasteiger partial charge in [-0.05, 0) is 0 Å². The number of halogens is 2. The SMILES string of the molecule is O=C(NC(=CSc1ccc(Cl)cc1)P(Cl)(c1ccccc1)(c1ccccc1)c1ccccc1)c1ccccc1. The van der Waals surface area contributed by atoms with Gasteiger partial charge in [-0.15, -0.1) is 0 Å². The molecule has 6 heteroatoms. The molecular formula is C33H26Cl2NOPS. The molecule has 0 aliphatic rings. The van der Waals surface area contributed by atoms with Crippen LogP contribution >= 0.6 is 40.6 Å². The summed E-state index contributed by atoms with van der Waals surface area (Å²) in [5.41, 5.74) is 1.19. The zero-order valence-corrected chi connectivity index (χ0v) is 24.2. The summed E-state index contributed by atoms with van der Waals surface area (Å²) in [7, 11) is 0. The minimum absolute atomic E-state index is 0.226. The quantitative estimate of drug-likeness (QED) is 0.146. The Kier molecular flexibility index (Phi) is 8.26. The van der Waals surface area contributed by atoms with E-state index in [2.05, 4.69) is 41.7 Å². The Balaban J connectivity index is 1.82. The van der Waals surface area contributed by atoms with Crippen LogP contribution in [0.3, 0.4) is 0 Å². The van der Waals surface area contributed by atoms with E-state index in [1.165, 1.54) is 11.8 Å². The fourth-order valence-corrected chi connectivity index (χ4v) is 12.0. The molecule has 0 saturated heterocycles. The monoisotopic (exact) mass is 585 g/mol. The van der Waals surface area contributed by atoms with Crippen LogP contribution in [-0.4, -0.2) is 5.91 Å². The summed E-state index contributed by atoms with van der Waals surface area (Å²) >= 11 is 16.0. The zero-order valence-electron chi connectivity index (χ0n) is 21.0. The van der Waals surface area contributed by atoms with Crippen LogP contribution in [-0.2, 0) is 0 Å². The second-order valence-corrected chi connectivity index (χ2v) is 16.4. The van der Waals surface area contributed by atoms with E-state index in [1.54, 1.807) is 12.1 Å². The first-order valence-corrected chi connectivity index (χ1v) is 16.8. The summed E-state index contributed by atoms with van der Waals surface area (Å²) in [4.78, 5) is 14.8. The molecule has 0 aliphatic heterocycles. The summed E-state index contributed by atoms with van der Waals surface area (Å²) in [5.74, 6) is -4.22. The van der Waals surface area contributed by atoms with Crippen LogP contribution in [0.15, 0.2) is 161 Å². The van der Waals surface area contributed by atoms with E-state index in [1.807, 2.05) is 102 Å². The van der Waals surface area contributed by atoms with Crippen molar-refractivity contribution in [3.63, 3.8) is 0 Å². The van der Waals surface area contributed by atoms with Gasteiger partial charge in [0.25, 0.3) is 0 Å². The van der Waals surface area contributed by atoms with Gasteiger partial charge >= 0.3 is 244 Å². The maximum atomic E-state index is 13.8. The van der Waals surface area contributed by atoms with Crippen LogP contribution in [0.2, 0.25) is 5.02 Å². The molecule has 0 spiro atoms. The number of rotatable bonds is 8. The summed E-state index contributed by atoms with van der Waals surface area (Å²) in [6, 6.07) is 47.1. The van der Waals surface area contributed by atoms with Gasteiger partial charge in [0.15, 0.2) is 0 Å². The Morgan fingerprint density at radius 2 is 1.03 bits per heavy atom. The number of carbonyl (C=O) groups excluding carboxylic acids is 1. The molecule has 0 fully saturated rings. The van der Waals surface area contributed by atoms with E-state index >= 15 is 0 Å². The van der Waals surface area contributed by atoms with E-state index in [0.717, 1.165) is 20.8 Å². The molecule has 0 heterocycles. The van der Waals surface area contributed by atoms with Gasteiger partial charge in [0.2, 0.25) is 0 Å². The van der Waals surface area contributed by atoms with Gasteiger partial charge in [0, 0.05) is 0 Å². The fraction of sp³-hybridized carbons (Fsp3) is 0. The van der Waals surface area contributed by atoms with Crippen LogP contribution in [0, 0.1) is 0 Å². The zero-order chi connectivity index (χ0) is 27.2. The molecule has 2 nitrogen and oxygen atoms in total. The van der Waals surface area contributed by atoms with Gasteiger partial charge in [0.1, 0.15) is 0 Å². The molecule has 0 aromatic heterocycles. The van der Waals surface area contributed by atoms with E-state index in [4.69, 9.17) is 22.8 Å². The molecule has 5 aromatic carbocycles. The predicted molar refractivity (Wildman–Crippen MR) is 170 cm³/mol. The van der Waals surface area contributed by atoms with Gasteiger partial charge < -0.3 is 0 Å². The Bertz CT molecular complexity index is 1480. The molecule has 0 aliphatic carbocycles. The first-order valence-electron chi connectivity index (χ1n) is 12.4. The van der Waals surface area contributed by atoms with Gasteiger partial charge in [-0.1, -0.05) is 0 Å². The molecule has 5 aromatic rings. The molecule has 39 heavy (non-hydrogen) atoms. The third-order valence-electron chi connectivity index (χ3n) is 6.57. The molecule has 0 bridgehead atoms. The van der Waals surface area contributed by atoms with E-state index in [0.29, 0.717) is 16.0 Å². The molecule has 1 amide bonds. The second-order valence-electron chi connectivity index (χ2n) is 8.91. The second kappa shape index (κ2) is 11.8. The van der Waals surface area contributed by atoms with Crippen LogP contribution in [0.5, 0.6) is 0 Å². The van der Waals surface area contributed by atoms with Crippen LogP contribution < -0.4 is 21.2 Å². The Morgan fingerprint density at radius 3 is 1.46 bits per heavy atom. The average molecular weight is 587 g/mol. The van der Waals surface area contributed by atoms with Crippen LogP contribution in [0.1, 0.15) is 10.4 Å². The Hall–Kier alpha value is -3.33. The van der Waals surface area contributed by atoms with Crippen molar-refractivity contribution >= 4 is 62.4 Å². The summed E-state index contributed by atoms with van der Waals surface area (Å²) in [5, 5.41) is 8.73. The molecule has 1 N–H and O–H groups in total. The van der Waals surface area contributed by atoms with Crippen molar-refractivity contribution in [2.45, 2.75) is 4.90 Å². The number of carbonyl (C=O) groups is 1. The first kappa shape index (κ1) is 27.2. The molecule has 5 rings (SSSR count). The summed E-state index contributed by atoms with van der Waals surface area (Å²) < 4.78 is 0. The summed E-state index contributed by atoms with van der Waals surface area (Å²) in [6.07, 6.45) is 0. The molecule has 0 atom stereocenters. The maximum absolute atomic E-state index is 13.8. The third kappa shape index (κ3) is 5.29. The van der Waals surface area contributed by atoms with Gasteiger partial charge in [-0.25, -0.2) is 0 Å². The van der Waals surface area contributed by atoms with Gasteiger partial charge in [-0.3, -0.25) is 0 Å². The number of nitrogens with one attached hydrogen (secondary N) is 1. The normalized spacial score (nSPS) is 12.8. The van der Waals surface area contributed by atoms with Crippen molar-refractivity contribution < 1.29 is 4.79 Å². The fourth-order valence-electron chi connectivity index (χ4n) is 4.64. The van der Waals surface area contributed by atoms with E-state index in [-0.39, 0.29) is 5.91 Å². The van der Waals surface area contributed by atoms with Crippen LogP contribution in [0.4, 0.5) is 0 Å². The number of thioether (sulfide) groups is 1. The molecule has 0 unspecified atom stereocenters. The topological polar surface area (TPSA) is 29.1 Å². The standard InChI is InChI=1S/C33H26Cl2NOPS/c34-27-21-23-31(24-22-27)39-25-32(36-33(37)26-13-5-1-6-14-26)38(35,28-15-7-2-8-16-28,29-17-9-3-10-18-29)30-19-11-4-12-20-30/h1-25H,(H,36,37). The molecular weight excluding hydrogens is 560 g/mol. The van der Waals surface area contributed by atoms with Gasteiger partial charge in [0.05, 0.1) is 0 Å². The summed E-state index contributed by atoms with van der Waals surface area (Å²) in [6.45, 7) is 0. The Morgan fingerprint density at radius 1 is 0.615 bits per heavy atom. The van der Waals surface area contributed by atoms with Crippen molar-refractivity contribution in [2.24, 2.45) is 0 Å². The Labute approximate surface area is 243 Å². The number of amides is 1. The van der Waals surface area contributed by atoms with E-state index < -0.39 is 5.96 Å². The number of hydrogen-bond acceptors (Lipinski definition) is 2. The first-order chi connectivity index (χ1) is 19.0. The minimum atomic E-state index is -3.99. The third-order valence-corrected chi connectivity index (χ3v) is 15.2. The molecule has 0 saturated carbocycles. The molecule has 0 radical (unpaired) electrons. The van der Waals surface area contributed by atoms with Crippen LogP contribution in [0.25, 0.3) is 0 Å². The van der Waals surface area contributed by atoms with Crippen molar-refractivity contribution in [2.75, 3.05) is 0 Å².